The standard InChI is InChI=1S/C15H15N3O2/c19-15(16-9-13-5-2-1-3-6-13)12-18-8-4-7-14(11-18)10-17-20/h1-8,10-11H,9,12H2,(H-,16,19,20)/p+1/b17-10+. The van der Waals surface area contributed by atoms with E-state index in [0.717, 1.165) is 11.1 Å². The maximum atomic E-state index is 11.8. The Bertz CT molecular complexity index is 597. The van der Waals surface area contributed by atoms with Crippen molar-refractivity contribution in [2.24, 2.45) is 5.16 Å². The number of rotatable bonds is 5. The molecule has 0 aliphatic rings. The fourth-order valence-corrected chi connectivity index (χ4v) is 1.80. The molecule has 0 unspecified atom stereocenters. The summed E-state index contributed by atoms with van der Waals surface area (Å²) in [5, 5.41) is 14.3. The Hall–Kier alpha value is -2.69. The van der Waals surface area contributed by atoms with E-state index in [9.17, 15) is 4.79 Å². The molecule has 1 heterocycles. The van der Waals surface area contributed by atoms with E-state index in [2.05, 4.69) is 10.5 Å². The second kappa shape index (κ2) is 7.04. The van der Waals surface area contributed by atoms with E-state index in [4.69, 9.17) is 5.21 Å². The third-order valence-electron chi connectivity index (χ3n) is 2.75. The van der Waals surface area contributed by atoms with Crippen LogP contribution in [-0.2, 0) is 17.9 Å². The Balaban J connectivity index is 1.89. The summed E-state index contributed by atoms with van der Waals surface area (Å²) in [5.74, 6) is -0.0723. The van der Waals surface area contributed by atoms with Gasteiger partial charge in [0.05, 0.1) is 11.8 Å². The lowest BCUT2D eigenvalue weighted by Crippen LogP contribution is -2.42. The predicted octanol–water partition coefficient (Wildman–Crippen LogP) is 1.10. The zero-order chi connectivity index (χ0) is 14.2. The van der Waals surface area contributed by atoms with Gasteiger partial charge in [-0.15, -0.1) is 0 Å². The maximum Gasteiger partial charge on any atom is 0.286 e. The first-order chi connectivity index (χ1) is 9.78. The first kappa shape index (κ1) is 13.7. The van der Waals surface area contributed by atoms with Crippen LogP contribution in [0, 0.1) is 0 Å². The van der Waals surface area contributed by atoms with Crippen molar-refractivity contribution < 1.29 is 14.6 Å². The van der Waals surface area contributed by atoms with Gasteiger partial charge in [0.1, 0.15) is 0 Å². The lowest BCUT2D eigenvalue weighted by molar-refractivity contribution is -0.684. The molecule has 0 radical (unpaired) electrons. The van der Waals surface area contributed by atoms with Crippen LogP contribution in [0.1, 0.15) is 11.1 Å². The summed E-state index contributed by atoms with van der Waals surface area (Å²) >= 11 is 0. The molecule has 0 aliphatic heterocycles. The molecular weight excluding hydrogens is 254 g/mol. The second-order valence-electron chi connectivity index (χ2n) is 4.32. The number of oxime groups is 1. The van der Waals surface area contributed by atoms with Gasteiger partial charge in [-0.25, -0.2) is 0 Å². The molecule has 1 aromatic carbocycles. The largest absolute Gasteiger partial charge is 0.411 e. The molecule has 0 fully saturated rings. The molecule has 1 amide bonds. The Kier molecular flexibility index (Phi) is 4.83. The van der Waals surface area contributed by atoms with Crippen LogP contribution in [0.15, 0.2) is 60.0 Å². The molecule has 5 nitrogen and oxygen atoms in total. The van der Waals surface area contributed by atoms with Gasteiger partial charge in [-0.2, -0.15) is 4.57 Å². The second-order valence-corrected chi connectivity index (χ2v) is 4.32. The average Bonchev–Trinajstić information content (AvgIpc) is 2.47. The monoisotopic (exact) mass is 270 g/mol. The highest BCUT2D eigenvalue weighted by Crippen LogP contribution is 1.97. The van der Waals surface area contributed by atoms with Crippen molar-refractivity contribution in [3.05, 3.63) is 66.0 Å². The summed E-state index contributed by atoms with van der Waals surface area (Å²) in [7, 11) is 0. The number of nitrogens with one attached hydrogen (secondary N) is 1. The first-order valence-electron chi connectivity index (χ1n) is 6.25. The third-order valence-corrected chi connectivity index (χ3v) is 2.75. The van der Waals surface area contributed by atoms with Gasteiger partial charge in [0.25, 0.3) is 5.91 Å². The van der Waals surface area contributed by atoms with Crippen molar-refractivity contribution in [2.75, 3.05) is 0 Å². The first-order valence-corrected chi connectivity index (χ1v) is 6.25. The van der Waals surface area contributed by atoms with Crippen LogP contribution < -0.4 is 9.88 Å². The highest BCUT2D eigenvalue weighted by Gasteiger charge is 2.09. The number of carbonyl (C=O) groups excluding carboxylic acids is 1. The number of carbonyl (C=O) groups is 1. The highest BCUT2D eigenvalue weighted by molar-refractivity contribution is 5.78. The number of amides is 1. The van der Waals surface area contributed by atoms with E-state index in [-0.39, 0.29) is 12.5 Å². The minimum Gasteiger partial charge on any atom is -0.411 e. The van der Waals surface area contributed by atoms with Gasteiger partial charge in [0.2, 0.25) is 6.54 Å². The van der Waals surface area contributed by atoms with Gasteiger partial charge in [-0.05, 0) is 11.6 Å². The van der Waals surface area contributed by atoms with Gasteiger partial charge in [-0.1, -0.05) is 35.5 Å². The molecule has 2 aromatic rings. The summed E-state index contributed by atoms with van der Waals surface area (Å²) in [6, 6.07) is 13.3. The van der Waals surface area contributed by atoms with E-state index in [0.29, 0.717) is 6.54 Å². The molecule has 1 aromatic heterocycles. The van der Waals surface area contributed by atoms with Crippen molar-refractivity contribution >= 4 is 12.1 Å². The Labute approximate surface area is 117 Å². The zero-order valence-corrected chi connectivity index (χ0v) is 10.9. The summed E-state index contributed by atoms with van der Waals surface area (Å²) in [6.07, 6.45) is 4.84. The third kappa shape index (κ3) is 4.20. The van der Waals surface area contributed by atoms with E-state index in [1.807, 2.05) is 30.3 Å². The summed E-state index contributed by atoms with van der Waals surface area (Å²) in [5.41, 5.74) is 1.79. The summed E-state index contributed by atoms with van der Waals surface area (Å²) < 4.78 is 1.73. The maximum absolute atomic E-state index is 11.8. The highest BCUT2D eigenvalue weighted by atomic mass is 16.4. The van der Waals surface area contributed by atoms with Crippen LogP contribution >= 0.6 is 0 Å². The Morgan fingerprint density at radius 1 is 1.25 bits per heavy atom. The Morgan fingerprint density at radius 2 is 2.05 bits per heavy atom. The number of hydrogen-bond donors (Lipinski definition) is 2. The molecule has 20 heavy (non-hydrogen) atoms. The summed E-state index contributed by atoms with van der Waals surface area (Å²) in [4.78, 5) is 11.8. The van der Waals surface area contributed by atoms with Crippen molar-refractivity contribution in [3.8, 4) is 0 Å². The number of hydrogen-bond acceptors (Lipinski definition) is 3. The Morgan fingerprint density at radius 3 is 2.80 bits per heavy atom. The van der Waals surface area contributed by atoms with Crippen LogP contribution in [0.4, 0.5) is 0 Å². The molecule has 0 aliphatic carbocycles. The smallest absolute Gasteiger partial charge is 0.286 e. The minimum absolute atomic E-state index is 0.0723. The fourth-order valence-electron chi connectivity index (χ4n) is 1.80. The van der Waals surface area contributed by atoms with Crippen molar-refractivity contribution in [1.82, 2.24) is 5.32 Å². The molecule has 0 saturated heterocycles. The van der Waals surface area contributed by atoms with Gasteiger partial charge < -0.3 is 10.5 Å². The zero-order valence-electron chi connectivity index (χ0n) is 10.9. The van der Waals surface area contributed by atoms with Gasteiger partial charge in [0.15, 0.2) is 12.4 Å². The lowest BCUT2D eigenvalue weighted by Gasteiger charge is -2.03. The SMILES string of the molecule is O=C(C[n+]1cccc(/C=N/O)c1)NCc1ccccc1. The van der Waals surface area contributed by atoms with Crippen LogP contribution in [0.2, 0.25) is 0 Å². The lowest BCUT2D eigenvalue weighted by atomic mass is 10.2. The summed E-state index contributed by atoms with van der Waals surface area (Å²) in [6.45, 7) is 0.734. The number of nitrogens with zero attached hydrogens (tertiary/aromatic N) is 2. The molecule has 0 bridgehead atoms. The minimum atomic E-state index is -0.0723. The van der Waals surface area contributed by atoms with Gasteiger partial charge >= 0.3 is 0 Å². The van der Waals surface area contributed by atoms with Crippen molar-refractivity contribution in [1.29, 1.82) is 0 Å². The van der Waals surface area contributed by atoms with E-state index < -0.39 is 0 Å². The molecule has 5 heteroatoms. The van der Waals surface area contributed by atoms with E-state index in [1.54, 1.807) is 29.1 Å². The molecule has 102 valence electrons. The number of benzene rings is 1. The average molecular weight is 270 g/mol. The number of pyridine rings is 1. The molecule has 0 saturated carbocycles. The topological polar surface area (TPSA) is 65.6 Å². The molecule has 0 spiro atoms. The molecule has 2 rings (SSSR count). The van der Waals surface area contributed by atoms with Gasteiger partial charge in [-0.3, -0.25) is 4.79 Å². The normalized spacial score (nSPS) is 10.6. The van der Waals surface area contributed by atoms with Crippen molar-refractivity contribution in [3.63, 3.8) is 0 Å². The van der Waals surface area contributed by atoms with E-state index in [1.165, 1.54) is 6.21 Å². The van der Waals surface area contributed by atoms with Crippen LogP contribution in [0.3, 0.4) is 0 Å². The van der Waals surface area contributed by atoms with Crippen LogP contribution in [0.25, 0.3) is 0 Å². The molecule has 2 N–H and O–H groups in total. The molecular formula is C15H16N3O2+. The van der Waals surface area contributed by atoms with Gasteiger partial charge in [0, 0.05) is 12.6 Å². The fraction of sp³-hybridized carbons (Fsp3) is 0.133. The van der Waals surface area contributed by atoms with Crippen LogP contribution in [0.5, 0.6) is 0 Å². The van der Waals surface area contributed by atoms with E-state index >= 15 is 0 Å². The van der Waals surface area contributed by atoms with Crippen molar-refractivity contribution in [2.45, 2.75) is 13.1 Å². The predicted molar refractivity (Wildman–Crippen MR) is 74.3 cm³/mol. The quantitative estimate of drug-likeness (QED) is 0.370. The molecule has 0 atom stereocenters. The van der Waals surface area contributed by atoms with Crippen LogP contribution in [-0.4, -0.2) is 17.3 Å². The number of aromatic nitrogens is 1.